The van der Waals surface area contributed by atoms with Gasteiger partial charge in [0.2, 0.25) is 0 Å². The van der Waals surface area contributed by atoms with Crippen molar-refractivity contribution in [1.29, 1.82) is 0 Å². The number of nitrogen functional groups attached to an aromatic ring is 1. The molecule has 3 rings (SSSR count). The van der Waals surface area contributed by atoms with E-state index in [9.17, 15) is 9.18 Å². The van der Waals surface area contributed by atoms with Crippen LogP contribution in [0.3, 0.4) is 0 Å². The minimum atomic E-state index is -0.523. The van der Waals surface area contributed by atoms with Crippen molar-refractivity contribution in [1.82, 2.24) is 0 Å². The fourth-order valence-electron chi connectivity index (χ4n) is 2.50. The normalized spacial score (nSPS) is 13.8. The Balaban J connectivity index is 1.87. The van der Waals surface area contributed by atoms with E-state index in [2.05, 4.69) is 5.32 Å². The first kappa shape index (κ1) is 13.1. The quantitative estimate of drug-likeness (QED) is 0.888. The maximum atomic E-state index is 13.6. The third kappa shape index (κ3) is 2.29. The molecule has 3 nitrogen and oxygen atoms in total. The summed E-state index contributed by atoms with van der Waals surface area (Å²) in [4.78, 5) is 13.3. The van der Waals surface area contributed by atoms with Crippen molar-refractivity contribution in [2.24, 2.45) is 0 Å². The number of halogens is 1. The number of nitrogens with two attached hydrogens (primary N) is 1. The molecule has 0 saturated heterocycles. The number of carbonyl (C=O) groups excluding carboxylic acids is 1. The Bertz CT molecular complexity index is 666. The first-order valence-electron chi connectivity index (χ1n) is 6.62. The van der Waals surface area contributed by atoms with Crippen LogP contribution >= 0.6 is 11.3 Å². The lowest BCUT2D eigenvalue weighted by Gasteiger charge is -2.10. The van der Waals surface area contributed by atoms with Gasteiger partial charge in [0.15, 0.2) is 0 Å². The highest BCUT2D eigenvalue weighted by atomic mass is 32.1. The predicted molar refractivity (Wildman–Crippen MR) is 79.7 cm³/mol. The number of hydrogen-bond acceptors (Lipinski definition) is 3. The minimum absolute atomic E-state index is 0.0401. The van der Waals surface area contributed by atoms with E-state index < -0.39 is 11.7 Å². The molecule has 0 aliphatic heterocycles. The number of anilines is 2. The molecule has 1 amide bonds. The molecule has 0 spiro atoms. The lowest BCUT2D eigenvalue weighted by Crippen LogP contribution is -2.13. The fourth-order valence-corrected chi connectivity index (χ4v) is 3.70. The van der Waals surface area contributed by atoms with E-state index in [4.69, 9.17) is 5.73 Å². The van der Waals surface area contributed by atoms with E-state index in [0.29, 0.717) is 10.7 Å². The van der Waals surface area contributed by atoms with Crippen molar-refractivity contribution < 1.29 is 9.18 Å². The summed E-state index contributed by atoms with van der Waals surface area (Å²) in [5, 5.41) is 3.38. The van der Waals surface area contributed by atoms with Gasteiger partial charge in [-0.2, -0.15) is 0 Å². The SMILES string of the molecule is Nc1c(NC(=O)c2ccccc2F)sc2c1CCCC2. The van der Waals surface area contributed by atoms with Crippen LogP contribution in [0.5, 0.6) is 0 Å². The molecule has 0 bridgehead atoms. The van der Waals surface area contributed by atoms with Crippen LogP contribution < -0.4 is 11.1 Å². The second kappa shape index (κ2) is 5.25. The molecular weight excluding hydrogens is 275 g/mol. The second-order valence-electron chi connectivity index (χ2n) is 4.89. The Morgan fingerprint density at radius 3 is 2.75 bits per heavy atom. The van der Waals surface area contributed by atoms with Gasteiger partial charge in [-0.1, -0.05) is 12.1 Å². The summed E-state index contributed by atoms with van der Waals surface area (Å²) in [7, 11) is 0. The molecule has 2 aromatic rings. The van der Waals surface area contributed by atoms with Crippen LogP contribution in [0.15, 0.2) is 24.3 Å². The van der Waals surface area contributed by atoms with Crippen molar-refractivity contribution in [2.75, 3.05) is 11.1 Å². The van der Waals surface area contributed by atoms with Crippen molar-refractivity contribution in [3.63, 3.8) is 0 Å². The summed E-state index contributed by atoms with van der Waals surface area (Å²) < 4.78 is 13.6. The predicted octanol–water partition coefficient (Wildman–Crippen LogP) is 3.60. The second-order valence-corrected chi connectivity index (χ2v) is 5.99. The van der Waals surface area contributed by atoms with E-state index in [-0.39, 0.29) is 5.56 Å². The summed E-state index contributed by atoms with van der Waals surface area (Å²) in [6.45, 7) is 0. The summed E-state index contributed by atoms with van der Waals surface area (Å²) in [5.74, 6) is -0.974. The lowest BCUT2D eigenvalue weighted by atomic mass is 9.98. The van der Waals surface area contributed by atoms with Gasteiger partial charge in [0.05, 0.1) is 11.3 Å². The Morgan fingerprint density at radius 1 is 1.25 bits per heavy atom. The van der Waals surface area contributed by atoms with Crippen molar-refractivity contribution in [2.45, 2.75) is 25.7 Å². The fraction of sp³-hybridized carbons (Fsp3) is 0.267. The van der Waals surface area contributed by atoms with Crippen LogP contribution in [0.25, 0.3) is 0 Å². The molecule has 1 aromatic heterocycles. The zero-order valence-corrected chi connectivity index (χ0v) is 11.7. The van der Waals surface area contributed by atoms with Crippen molar-refractivity contribution in [3.8, 4) is 0 Å². The molecule has 104 valence electrons. The first-order valence-corrected chi connectivity index (χ1v) is 7.44. The molecule has 0 radical (unpaired) electrons. The lowest BCUT2D eigenvalue weighted by molar-refractivity contribution is 0.102. The Kier molecular flexibility index (Phi) is 3.44. The molecule has 20 heavy (non-hydrogen) atoms. The number of hydrogen-bond donors (Lipinski definition) is 2. The number of thiophene rings is 1. The van der Waals surface area contributed by atoms with Gasteiger partial charge in [-0.05, 0) is 43.4 Å². The van der Waals surface area contributed by atoms with Gasteiger partial charge in [0, 0.05) is 4.88 Å². The Labute approximate surface area is 120 Å². The van der Waals surface area contributed by atoms with Gasteiger partial charge in [-0.3, -0.25) is 4.79 Å². The largest absolute Gasteiger partial charge is 0.396 e. The highest BCUT2D eigenvalue weighted by Gasteiger charge is 2.21. The average molecular weight is 290 g/mol. The number of fused-ring (bicyclic) bond motifs is 1. The first-order chi connectivity index (χ1) is 9.66. The highest BCUT2D eigenvalue weighted by Crippen LogP contribution is 2.40. The molecule has 0 atom stereocenters. The highest BCUT2D eigenvalue weighted by molar-refractivity contribution is 7.17. The molecule has 0 unspecified atom stereocenters. The summed E-state index contributed by atoms with van der Waals surface area (Å²) in [5.41, 5.74) is 7.94. The van der Waals surface area contributed by atoms with E-state index in [1.54, 1.807) is 12.1 Å². The van der Waals surface area contributed by atoms with Crippen molar-refractivity contribution >= 4 is 27.9 Å². The molecule has 3 N–H and O–H groups in total. The monoisotopic (exact) mass is 290 g/mol. The van der Waals surface area contributed by atoms with Crippen LogP contribution in [0, 0.1) is 5.82 Å². The van der Waals surface area contributed by atoms with Gasteiger partial charge in [-0.25, -0.2) is 4.39 Å². The summed E-state index contributed by atoms with van der Waals surface area (Å²) >= 11 is 1.51. The van der Waals surface area contributed by atoms with Gasteiger partial charge in [-0.15, -0.1) is 11.3 Å². The van der Waals surface area contributed by atoms with Crippen LogP contribution in [0.1, 0.15) is 33.6 Å². The summed E-state index contributed by atoms with van der Waals surface area (Å²) in [6, 6.07) is 5.94. The average Bonchev–Trinajstić information content (AvgIpc) is 2.76. The molecule has 5 heteroatoms. The zero-order valence-electron chi connectivity index (χ0n) is 10.9. The van der Waals surface area contributed by atoms with E-state index in [1.165, 1.54) is 28.3 Å². The molecular formula is C15H15FN2OS. The van der Waals surface area contributed by atoms with Crippen LogP contribution in [-0.4, -0.2) is 5.91 Å². The molecule has 1 aliphatic rings. The number of aryl methyl sites for hydroxylation is 1. The van der Waals surface area contributed by atoms with Gasteiger partial charge >= 0.3 is 0 Å². The van der Waals surface area contributed by atoms with E-state index in [1.807, 2.05) is 0 Å². The third-order valence-electron chi connectivity index (χ3n) is 3.56. The molecule has 0 fully saturated rings. The van der Waals surface area contributed by atoms with E-state index >= 15 is 0 Å². The topological polar surface area (TPSA) is 55.1 Å². The van der Waals surface area contributed by atoms with Gasteiger partial charge in [0.25, 0.3) is 5.91 Å². The molecule has 1 aromatic carbocycles. The van der Waals surface area contributed by atoms with E-state index in [0.717, 1.165) is 31.2 Å². The smallest absolute Gasteiger partial charge is 0.259 e. The molecule has 1 heterocycles. The molecule has 0 saturated carbocycles. The zero-order chi connectivity index (χ0) is 14.1. The Morgan fingerprint density at radius 2 is 2.00 bits per heavy atom. The van der Waals surface area contributed by atoms with Gasteiger partial charge in [0.1, 0.15) is 10.8 Å². The number of rotatable bonds is 2. The molecule has 1 aliphatic carbocycles. The number of nitrogens with one attached hydrogen (secondary N) is 1. The third-order valence-corrected chi connectivity index (χ3v) is 4.78. The number of benzene rings is 1. The number of carbonyl (C=O) groups is 1. The minimum Gasteiger partial charge on any atom is -0.396 e. The standard InChI is InChI=1S/C15H15FN2OS/c16-11-7-3-1-5-9(11)14(19)18-15-13(17)10-6-2-4-8-12(10)20-15/h1,3,5,7H,2,4,6,8,17H2,(H,18,19). The van der Waals surface area contributed by atoms with Gasteiger partial charge < -0.3 is 11.1 Å². The number of amides is 1. The Hall–Kier alpha value is -1.88. The maximum Gasteiger partial charge on any atom is 0.259 e. The van der Waals surface area contributed by atoms with Crippen LogP contribution in [0.2, 0.25) is 0 Å². The van der Waals surface area contributed by atoms with Crippen molar-refractivity contribution in [3.05, 3.63) is 46.1 Å². The van der Waals surface area contributed by atoms with Crippen LogP contribution in [-0.2, 0) is 12.8 Å². The van der Waals surface area contributed by atoms with Crippen LogP contribution in [0.4, 0.5) is 15.1 Å². The maximum absolute atomic E-state index is 13.6. The summed E-state index contributed by atoms with van der Waals surface area (Å²) in [6.07, 6.45) is 4.27.